The average Bonchev–Trinajstić information content (AvgIpc) is 3.81. The molecule has 7 aromatic rings. The first-order valence-electron chi connectivity index (χ1n) is 22.1. The van der Waals surface area contributed by atoms with E-state index in [4.69, 9.17) is 4.52 Å². The van der Waals surface area contributed by atoms with Crippen LogP contribution in [0.25, 0.3) is 44.1 Å². The lowest BCUT2D eigenvalue weighted by atomic mass is 9.91. The van der Waals surface area contributed by atoms with Crippen LogP contribution in [0, 0.1) is 12.8 Å². The van der Waals surface area contributed by atoms with Crippen LogP contribution in [0.2, 0.25) is 0 Å². The van der Waals surface area contributed by atoms with E-state index in [2.05, 4.69) is 52.2 Å². The Morgan fingerprint density at radius 2 is 1.72 bits per heavy atom. The van der Waals surface area contributed by atoms with Crippen molar-refractivity contribution in [1.29, 1.82) is 0 Å². The molecule has 2 aromatic carbocycles. The third-order valence-electron chi connectivity index (χ3n) is 13.1. The van der Waals surface area contributed by atoms with E-state index in [-0.39, 0.29) is 48.4 Å². The molecule has 5 aromatic heterocycles. The monoisotopic (exact) mass is 877 g/mol. The van der Waals surface area contributed by atoms with E-state index in [1.165, 1.54) is 10.6 Å². The molecule has 0 bridgehead atoms. The molecular weight excluding hydrogens is 827 g/mol. The standard InChI is InChI=1S/C49H51N9O5S/c1-27(2)46(49(62)57-25-35(59)20-43(57)48(61)52-28(3)30-9-11-31(12-10-30)47-29(4)51-26-64-47)45-23-39(55-63-45)38-19-34(15-17-50-38)56-18-16-32(24-56)41-22-40-42(58(41)33-13-14-33)21-37(53-54-40)36-7-5-6-8-44(36)60/h5-12,15,17,19,21-23,26-28,32-33,35,43,46,59-60H,13-14,16,18,20,24-25H2,1-4H3,(H,52,61)/t28-,32-,35+,43-,46+/m0/s1. The van der Waals surface area contributed by atoms with Gasteiger partial charge < -0.3 is 34.4 Å². The molecule has 3 fully saturated rings. The van der Waals surface area contributed by atoms with E-state index in [1.807, 2.05) is 81.7 Å². The van der Waals surface area contributed by atoms with Gasteiger partial charge in [-0.1, -0.05) is 55.4 Å². The SMILES string of the molecule is Cc1ncsc1-c1ccc([C@H](C)NC(=O)[C@@H]2C[C@@H](O)CN2C(=O)[C@@H](c2cc(-c3cc(N4CC[C@H](c5cc6nnc(-c7ccccc7O)cc6n5C5CC5)C4)ccn3)no2)C(C)C)cc1. The first-order valence-corrected chi connectivity index (χ1v) is 23.0. The number of para-hydroxylation sites is 1. The van der Waals surface area contributed by atoms with E-state index in [1.54, 1.807) is 35.7 Å². The molecule has 15 heteroatoms. The van der Waals surface area contributed by atoms with Gasteiger partial charge in [0, 0.05) is 67.2 Å². The van der Waals surface area contributed by atoms with Crippen LogP contribution in [0.1, 0.15) is 93.1 Å². The number of hydrogen-bond acceptors (Lipinski definition) is 12. The number of carbonyl (C=O) groups excluding carboxylic acids is 2. The molecule has 64 heavy (non-hydrogen) atoms. The second kappa shape index (κ2) is 16.9. The van der Waals surface area contributed by atoms with Crippen LogP contribution < -0.4 is 10.2 Å². The highest BCUT2D eigenvalue weighted by molar-refractivity contribution is 7.13. The van der Waals surface area contributed by atoms with Crippen molar-refractivity contribution in [2.75, 3.05) is 24.5 Å². The van der Waals surface area contributed by atoms with Crippen molar-refractivity contribution in [1.82, 2.24) is 40.1 Å². The Bertz CT molecular complexity index is 2850. The molecule has 14 nitrogen and oxygen atoms in total. The summed E-state index contributed by atoms with van der Waals surface area (Å²) in [5, 5.41) is 37.9. The van der Waals surface area contributed by atoms with Crippen molar-refractivity contribution in [2.45, 2.75) is 89.4 Å². The van der Waals surface area contributed by atoms with Gasteiger partial charge in [0.2, 0.25) is 11.8 Å². The molecule has 1 aliphatic carbocycles. The second-order valence-corrected chi connectivity index (χ2v) is 18.7. The summed E-state index contributed by atoms with van der Waals surface area (Å²) >= 11 is 1.59. The molecule has 2 saturated heterocycles. The van der Waals surface area contributed by atoms with Crippen molar-refractivity contribution < 1.29 is 24.3 Å². The number of fused-ring (bicyclic) bond motifs is 1. The highest BCUT2D eigenvalue weighted by Crippen LogP contribution is 2.44. The van der Waals surface area contributed by atoms with Gasteiger partial charge in [0.1, 0.15) is 34.7 Å². The summed E-state index contributed by atoms with van der Waals surface area (Å²) in [7, 11) is 0. The number of aliphatic hydroxyl groups excluding tert-OH is 1. The number of β-amino-alcohol motifs (C(OH)–C–C–N with tert-alkyl or cyclic N) is 1. The van der Waals surface area contributed by atoms with Gasteiger partial charge in [-0.15, -0.1) is 21.5 Å². The number of anilines is 1. The molecule has 1 saturated carbocycles. The van der Waals surface area contributed by atoms with E-state index in [0.29, 0.717) is 34.4 Å². The molecule has 2 amide bonds. The van der Waals surface area contributed by atoms with Crippen molar-refractivity contribution in [3.05, 3.63) is 113 Å². The lowest BCUT2D eigenvalue weighted by molar-refractivity contribution is -0.141. The van der Waals surface area contributed by atoms with Crippen molar-refractivity contribution in [3.63, 3.8) is 0 Å². The summed E-state index contributed by atoms with van der Waals surface area (Å²) in [5.74, 6) is -0.683. The molecule has 0 radical (unpaired) electrons. The predicted molar refractivity (Wildman–Crippen MR) is 245 cm³/mol. The topological polar surface area (TPSA) is 176 Å². The zero-order chi connectivity index (χ0) is 44.2. The maximum atomic E-state index is 14.4. The predicted octanol–water partition coefficient (Wildman–Crippen LogP) is 8.19. The molecule has 3 aliphatic rings. The van der Waals surface area contributed by atoms with Crippen LogP contribution >= 0.6 is 11.3 Å². The van der Waals surface area contributed by atoms with Gasteiger partial charge in [0.25, 0.3) is 0 Å². The number of aliphatic hydroxyl groups is 1. The molecule has 3 N–H and O–H groups in total. The zero-order valence-corrected chi connectivity index (χ0v) is 37.1. The maximum absolute atomic E-state index is 14.4. The number of rotatable bonds is 12. The number of phenols is 1. The number of aromatic nitrogens is 6. The molecule has 10 rings (SSSR count). The largest absolute Gasteiger partial charge is 0.507 e. The van der Waals surface area contributed by atoms with Crippen LogP contribution in [0.4, 0.5) is 5.69 Å². The Morgan fingerprint density at radius 1 is 0.906 bits per heavy atom. The first-order chi connectivity index (χ1) is 31.0. The number of benzene rings is 2. The van der Waals surface area contributed by atoms with Gasteiger partial charge in [-0.3, -0.25) is 14.6 Å². The molecule has 2 aliphatic heterocycles. The number of thiazole rings is 1. The van der Waals surface area contributed by atoms with Crippen molar-refractivity contribution in [2.24, 2.45) is 5.92 Å². The number of aryl methyl sites for hydroxylation is 1. The minimum Gasteiger partial charge on any atom is -0.507 e. The average molecular weight is 878 g/mol. The van der Waals surface area contributed by atoms with Gasteiger partial charge in [-0.05, 0) is 86.6 Å². The fraction of sp³-hybridized carbons (Fsp3) is 0.367. The lowest BCUT2D eigenvalue weighted by Gasteiger charge is -2.29. The Morgan fingerprint density at radius 3 is 2.47 bits per heavy atom. The number of nitrogens with one attached hydrogen (secondary N) is 1. The third-order valence-corrected chi connectivity index (χ3v) is 14.1. The highest BCUT2D eigenvalue weighted by atomic mass is 32.1. The number of amides is 2. The number of phenolic OH excluding ortho intramolecular Hbond substituents is 1. The summed E-state index contributed by atoms with van der Waals surface area (Å²) < 4.78 is 8.37. The summed E-state index contributed by atoms with van der Waals surface area (Å²) in [6.45, 7) is 9.51. The first kappa shape index (κ1) is 41.6. The molecule has 7 heterocycles. The minimum atomic E-state index is -0.838. The minimum absolute atomic E-state index is 0.0485. The van der Waals surface area contributed by atoms with Gasteiger partial charge in [-0.2, -0.15) is 0 Å². The smallest absolute Gasteiger partial charge is 0.243 e. The third kappa shape index (κ3) is 7.91. The summed E-state index contributed by atoms with van der Waals surface area (Å²) in [4.78, 5) is 42.2. The lowest BCUT2D eigenvalue weighted by Crippen LogP contribution is -2.48. The maximum Gasteiger partial charge on any atom is 0.243 e. The second-order valence-electron chi connectivity index (χ2n) is 17.9. The highest BCUT2D eigenvalue weighted by Gasteiger charge is 2.44. The number of aromatic hydroxyl groups is 1. The molecule has 5 atom stereocenters. The number of hydrogen-bond donors (Lipinski definition) is 3. The summed E-state index contributed by atoms with van der Waals surface area (Å²) in [6, 6.07) is 24.6. The molecule has 0 unspecified atom stereocenters. The van der Waals surface area contributed by atoms with Crippen molar-refractivity contribution in [3.8, 4) is 38.8 Å². The van der Waals surface area contributed by atoms with Gasteiger partial charge in [0.05, 0.1) is 45.1 Å². The molecule has 0 spiro atoms. The molecular formula is C49H51N9O5S. The van der Waals surface area contributed by atoms with E-state index < -0.39 is 18.1 Å². The van der Waals surface area contributed by atoms with Gasteiger partial charge >= 0.3 is 0 Å². The summed E-state index contributed by atoms with van der Waals surface area (Å²) in [6.07, 6.45) is 4.31. The number of carbonyl (C=O) groups is 2. The Kier molecular flexibility index (Phi) is 11.0. The van der Waals surface area contributed by atoms with E-state index >= 15 is 0 Å². The fourth-order valence-corrected chi connectivity index (χ4v) is 10.4. The Hall–Kier alpha value is -6.45. The number of likely N-dealkylation sites (tertiary alicyclic amines) is 1. The Labute approximate surface area is 375 Å². The van der Waals surface area contributed by atoms with Crippen LogP contribution in [-0.2, 0) is 9.59 Å². The van der Waals surface area contributed by atoms with Crippen LogP contribution in [0.15, 0.2) is 95.1 Å². The summed E-state index contributed by atoms with van der Waals surface area (Å²) in [5.41, 5.74) is 11.5. The van der Waals surface area contributed by atoms with Crippen LogP contribution in [0.3, 0.4) is 0 Å². The quantitative estimate of drug-likeness (QED) is 0.108. The van der Waals surface area contributed by atoms with E-state index in [0.717, 1.165) is 70.8 Å². The Balaban J connectivity index is 0.830. The number of nitrogens with zero attached hydrogens (tertiary/aromatic N) is 8. The number of pyridine rings is 1. The van der Waals surface area contributed by atoms with Crippen molar-refractivity contribution >= 4 is 39.9 Å². The fourth-order valence-electron chi connectivity index (χ4n) is 9.58. The van der Waals surface area contributed by atoms with Crippen LogP contribution in [0.5, 0.6) is 5.75 Å². The molecule has 328 valence electrons. The zero-order valence-electron chi connectivity index (χ0n) is 36.3. The van der Waals surface area contributed by atoms with Gasteiger partial charge in [0.15, 0.2) is 0 Å². The van der Waals surface area contributed by atoms with Gasteiger partial charge in [-0.25, -0.2) is 4.98 Å². The normalized spacial score (nSPS) is 19.8. The van der Waals surface area contributed by atoms with Crippen LogP contribution in [-0.4, -0.2) is 88.6 Å². The van der Waals surface area contributed by atoms with E-state index in [9.17, 15) is 19.8 Å².